The third-order valence-corrected chi connectivity index (χ3v) is 4.71. The van der Waals surface area contributed by atoms with Gasteiger partial charge >= 0.3 is 0 Å². The van der Waals surface area contributed by atoms with Crippen LogP contribution >= 0.6 is 0 Å². The zero-order valence-electron chi connectivity index (χ0n) is 15.8. The number of aryl methyl sites for hydroxylation is 1. The van der Waals surface area contributed by atoms with Crippen LogP contribution in [0.5, 0.6) is 0 Å². The number of rotatable bonds is 5. The minimum absolute atomic E-state index is 0.171. The maximum Gasteiger partial charge on any atom is 0.255 e. The number of carbonyl (C=O) groups excluding carboxylic acids is 1. The maximum absolute atomic E-state index is 13.2. The molecule has 29 heavy (non-hydrogen) atoms. The molecule has 144 valence electrons. The van der Waals surface area contributed by atoms with Crippen molar-refractivity contribution in [3.05, 3.63) is 95.9 Å². The van der Waals surface area contributed by atoms with Gasteiger partial charge in [0.05, 0.1) is 17.6 Å². The number of halogens is 1. The molecule has 5 nitrogen and oxygen atoms in total. The van der Waals surface area contributed by atoms with E-state index < -0.39 is 0 Å². The first-order valence-electron chi connectivity index (χ1n) is 9.32. The standard InChI is InChI=1S/C23H19FN4O/c1-2-16-5-3-4-6-21(16)26-23(29)18-9-13-20(14-10-18)28-22(15-25-27-28)17-7-11-19(24)12-8-17/h3-15H,2H2,1H3,(H,26,29). The number of carbonyl (C=O) groups is 1. The fraction of sp³-hybridized carbons (Fsp3) is 0.0870. The van der Waals surface area contributed by atoms with E-state index >= 15 is 0 Å². The zero-order valence-corrected chi connectivity index (χ0v) is 15.8. The van der Waals surface area contributed by atoms with Crippen molar-refractivity contribution in [1.82, 2.24) is 15.0 Å². The van der Waals surface area contributed by atoms with Crippen LogP contribution in [0.3, 0.4) is 0 Å². The highest BCUT2D eigenvalue weighted by Crippen LogP contribution is 2.22. The highest BCUT2D eigenvalue weighted by molar-refractivity contribution is 6.04. The largest absolute Gasteiger partial charge is 0.322 e. The maximum atomic E-state index is 13.2. The second-order valence-corrected chi connectivity index (χ2v) is 6.55. The first-order valence-corrected chi connectivity index (χ1v) is 9.32. The fourth-order valence-electron chi connectivity index (χ4n) is 3.14. The van der Waals surface area contributed by atoms with Crippen LogP contribution in [0.25, 0.3) is 16.9 Å². The Kier molecular flexibility index (Phi) is 5.16. The number of hydrogen-bond acceptors (Lipinski definition) is 3. The van der Waals surface area contributed by atoms with Crippen molar-refractivity contribution < 1.29 is 9.18 Å². The van der Waals surface area contributed by atoms with Gasteiger partial charge in [-0.25, -0.2) is 9.07 Å². The summed E-state index contributed by atoms with van der Waals surface area (Å²) in [5.74, 6) is -0.470. The van der Waals surface area contributed by atoms with E-state index in [0.29, 0.717) is 5.56 Å². The average Bonchev–Trinajstić information content (AvgIpc) is 3.24. The van der Waals surface area contributed by atoms with Crippen molar-refractivity contribution in [1.29, 1.82) is 0 Å². The molecule has 0 aliphatic heterocycles. The molecule has 1 aromatic heterocycles. The minimum Gasteiger partial charge on any atom is -0.322 e. The molecule has 0 aliphatic rings. The molecule has 0 bridgehead atoms. The Labute approximate surface area is 167 Å². The van der Waals surface area contributed by atoms with Gasteiger partial charge in [-0.05, 0) is 66.6 Å². The Morgan fingerprint density at radius 2 is 1.72 bits per heavy atom. The molecule has 1 heterocycles. The summed E-state index contributed by atoms with van der Waals surface area (Å²) >= 11 is 0. The smallest absolute Gasteiger partial charge is 0.255 e. The lowest BCUT2D eigenvalue weighted by Crippen LogP contribution is -2.13. The first kappa shape index (κ1) is 18.6. The Morgan fingerprint density at radius 1 is 1.00 bits per heavy atom. The van der Waals surface area contributed by atoms with E-state index in [-0.39, 0.29) is 11.7 Å². The first-order chi connectivity index (χ1) is 14.2. The van der Waals surface area contributed by atoms with Crippen molar-refractivity contribution in [3.63, 3.8) is 0 Å². The monoisotopic (exact) mass is 386 g/mol. The van der Waals surface area contributed by atoms with Crippen molar-refractivity contribution >= 4 is 11.6 Å². The quantitative estimate of drug-likeness (QED) is 0.531. The van der Waals surface area contributed by atoms with Crippen LogP contribution in [0.4, 0.5) is 10.1 Å². The molecule has 3 aromatic carbocycles. The van der Waals surface area contributed by atoms with E-state index in [1.165, 1.54) is 12.1 Å². The molecule has 0 spiro atoms. The number of hydrogen-bond donors (Lipinski definition) is 1. The van der Waals surface area contributed by atoms with E-state index in [9.17, 15) is 9.18 Å². The molecule has 1 N–H and O–H groups in total. The van der Waals surface area contributed by atoms with Crippen molar-refractivity contribution in [2.24, 2.45) is 0 Å². The van der Waals surface area contributed by atoms with Crippen molar-refractivity contribution in [2.75, 3.05) is 5.32 Å². The lowest BCUT2D eigenvalue weighted by Gasteiger charge is -2.10. The molecule has 0 unspecified atom stereocenters. The van der Waals surface area contributed by atoms with E-state index in [0.717, 1.165) is 34.6 Å². The Hall–Kier alpha value is -3.80. The molecule has 6 heteroatoms. The summed E-state index contributed by atoms with van der Waals surface area (Å²) in [6.07, 6.45) is 2.46. The zero-order chi connectivity index (χ0) is 20.2. The van der Waals surface area contributed by atoms with E-state index in [1.54, 1.807) is 35.1 Å². The fourth-order valence-corrected chi connectivity index (χ4v) is 3.14. The number of nitrogens with one attached hydrogen (secondary N) is 1. The number of anilines is 1. The third-order valence-electron chi connectivity index (χ3n) is 4.71. The summed E-state index contributed by atoms with van der Waals surface area (Å²) in [4.78, 5) is 12.6. The lowest BCUT2D eigenvalue weighted by molar-refractivity contribution is 0.102. The van der Waals surface area contributed by atoms with Crippen LogP contribution in [0.15, 0.2) is 79.0 Å². The van der Waals surface area contributed by atoms with Gasteiger partial charge in [0.2, 0.25) is 0 Å². The SMILES string of the molecule is CCc1ccccc1NC(=O)c1ccc(-n2nncc2-c2ccc(F)cc2)cc1. The van der Waals surface area contributed by atoms with E-state index in [1.807, 2.05) is 36.4 Å². The number of para-hydroxylation sites is 1. The Bertz CT molecular complexity index is 1130. The van der Waals surface area contributed by atoms with E-state index in [2.05, 4.69) is 22.6 Å². The molecule has 0 atom stereocenters. The molecular weight excluding hydrogens is 367 g/mol. The van der Waals surface area contributed by atoms with Gasteiger partial charge in [-0.15, -0.1) is 5.10 Å². The van der Waals surface area contributed by atoms with Gasteiger partial charge in [-0.3, -0.25) is 4.79 Å². The summed E-state index contributed by atoms with van der Waals surface area (Å²) < 4.78 is 14.9. The second-order valence-electron chi connectivity index (χ2n) is 6.55. The predicted octanol–water partition coefficient (Wildman–Crippen LogP) is 4.89. The van der Waals surface area contributed by atoms with Crippen molar-refractivity contribution in [3.8, 4) is 16.9 Å². The number of nitrogens with zero attached hydrogens (tertiary/aromatic N) is 3. The third kappa shape index (κ3) is 3.91. The van der Waals surface area contributed by atoms with Gasteiger partial charge in [-0.2, -0.15) is 0 Å². The van der Waals surface area contributed by atoms with Crippen molar-refractivity contribution in [2.45, 2.75) is 13.3 Å². The van der Waals surface area contributed by atoms with Crippen LogP contribution in [0.2, 0.25) is 0 Å². The van der Waals surface area contributed by atoms with Gasteiger partial charge in [0.15, 0.2) is 0 Å². The molecule has 0 fully saturated rings. The highest BCUT2D eigenvalue weighted by Gasteiger charge is 2.12. The summed E-state index contributed by atoms with van der Waals surface area (Å²) in [5, 5.41) is 11.1. The highest BCUT2D eigenvalue weighted by atomic mass is 19.1. The molecule has 0 saturated heterocycles. The Balaban J connectivity index is 1.57. The molecule has 0 radical (unpaired) electrons. The van der Waals surface area contributed by atoms with Gasteiger partial charge in [0.25, 0.3) is 5.91 Å². The Morgan fingerprint density at radius 3 is 2.45 bits per heavy atom. The number of benzene rings is 3. The topological polar surface area (TPSA) is 59.8 Å². The predicted molar refractivity (Wildman–Crippen MR) is 111 cm³/mol. The summed E-state index contributed by atoms with van der Waals surface area (Å²) in [6, 6.07) is 21.0. The molecular formula is C23H19FN4O. The lowest BCUT2D eigenvalue weighted by atomic mass is 10.1. The van der Waals surface area contributed by atoms with Gasteiger partial charge in [0, 0.05) is 16.8 Å². The summed E-state index contributed by atoms with van der Waals surface area (Å²) in [7, 11) is 0. The normalized spacial score (nSPS) is 10.7. The molecule has 4 rings (SSSR count). The minimum atomic E-state index is -0.298. The molecule has 0 saturated carbocycles. The number of aromatic nitrogens is 3. The van der Waals surface area contributed by atoms with Crippen LogP contribution < -0.4 is 5.32 Å². The van der Waals surface area contributed by atoms with Crippen LogP contribution in [-0.4, -0.2) is 20.9 Å². The average molecular weight is 386 g/mol. The van der Waals surface area contributed by atoms with Gasteiger partial charge in [-0.1, -0.05) is 30.3 Å². The molecule has 1 amide bonds. The second kappa shape index (κ2) is 8.06. The summed E-state index contributed by atoms with van der Waals surface area (Å²) in [5.41, 5.74) is 4.74. The van der Waals surface area contributed by atoms with Gasteiger partial charge in [0.1, 0.15) is 5.82 Å². The van der Waals surface area contributed by atoms with E-state index in [4.69, 9.17) is 0 Å². The van der Waals surface area contributed by atoms with Crippen LogP contribution in [-0.2, 0) is 6.42 Å². The van der Waals surface area contributed by atoms with Gasteiger partial charge < -0.3 is 5.32 Å². The number of amides is 1. The van der Waals surface area contributed by atoms with Crippen LogP contribution in [0, 0.1) is 5.82 Å². The van der Waals surface area contributed by atoms with Crippen LogP contribution in [0.1, 0.15) is 22.8 Å². The molecule has 4 aromatic rings. The summed E-state index contributed by atoms with van der Waals surface area (Å²) in [6.45, 7) is 2.05. The molecule has 0 aliphatic carbocycles.